The van der Waals surface area contributed by atoms with Crippen LogP contribution in [0.1, 0.15) is 32.6 Å². The van der Waals surface area contributed by atoms with E-state index in [0.717, 1.165) is 12.8 Å². The van der Waals surface area contributed by atoms with Crippen molar-refractivity contribution in [1.82, 2.24) is 0 Å². The summed E-state index contributed by atoms with van der Waals surface area (Å²) in [6.07, 6.45) is 8.69. The first-order chi connectivity index (χ1) is 7.65. The fourth-order valence-electron chi connectivity index (χ4n) is 1.97. The molecule has 0 aromatic rings. The number of unbranched alkanes of at least 4 members (excludes halogenated alkanes) is 1. The van der Waals surface area contributed by atoms with Crippen LogP contribution in [0.15, 0.2) is 24.3 Å². The van der Waals surface area contributed by atoms with Crippen molar-refractivity contribution in [3.8, 4) is 0 Å². The van der Waals surface area contributed by atoms with E-state index in [4.69, 9.17) is 0 Å². The molecule has 2 atom stereocenters. The van der Waals surface area contributed by atoms with Gasteiger partial charge in [-0.25, -0.2) is 0 Å². The zero-order valence-electron chi connectivity index (χ0n) is 9.79. The van der Waals surface area contributed by atoms with Gasteiger partial charge in [-0.3, -0.25) is 0 Å². The molecule has 0 amide bonds. The van der Waals surface area contributed by atoms with Crippen molar-refractivity contribution < 1.29 is 15.3 Å². The monoisotopic (exact) mass is 226 g/mol. The Labute approximate surface area is 97.1 Å². The lowest BCUT2D eigenvalue weighted by Crippen LogP contribution is -2.43. The highest BCUT2D eigenvalue weighted by Crippen LogP contribution is 2.26. The van der Waals surface area contributed by atoms with E-state index in [-0.39, 0.29) is 5.92 Å². The molecule has 0 saturated heterocycles. The summed E-state index contributed by atoms with van der Waals surface area (Å²) in [7, 11) is 0. The van der Waals surface area contributed by atoms with Crippen molar-refractivity contribution in [3.63, 3.8) is 0 Å². The predicted molar refractivity (Wildman–Crippen MR) is 63.9 cm³/mol. The number of hydrogen-bond acceptors (Lipinski definition) is 3. The van der Waals surface area contributed by atoms with E-state index in [2.05, 4.69) is 13.0 Å². The quantitative estimate of drug-likeness (QED) is 0.635. The summed E-state index contributed by atoms with van der Waals surface area (Å²) in [6, 6.07) is 0. The Bertz CT molecular complexity index is 236. The second-order valence-corrected chi connectivity index (χ2v) is 4.46. The van der Waals surface area contributed by atoms with Crippen LogP contribution in [0.3, 0.4) is 0 Å². The van der Waals surface area contributed by atoms with E-state index in [0.29, 0.717) is 12.8 Å². The second-order valence-electron chi connectivity index (χ2n) is 4.46. The van der Waals surface area contributed by atoms with Gasteiger partial charge in [0, 0.05) is 0 Å². The van der Waals surface area contributed by atoms with Crippen LogP contribution in [0.5, 0.6) is 0 Å². The molecule has 0 heterocycles. The topological polar surface area (TPSA) is 60.7 Å². The lowest BCUT2D eigenvalue weighted by atomic mass is 9.83. The van der Waals surface area contributed by atoms with E-state index in [1.165, 1.54) is 0 Å². The summed E-state index contributed by atoms with van der Waals surface area (Å²) in [5, 5.41) is 28.4. The molecule has 3 nitrogen and oxygen atoms in total. The lowest BCUT2D eigenvalue weighted by Gasteiger charge is -2.32. The van der Waals surface area contributed by atoms with Gasteiger partial charge in [-0.15, -0.1) is 0 Å². The van der Waals surface area contributed by atoms with Gasteiger partial charge >= 0.3 is 0 Å². The largest absolute Gasteiger partial charge is 0.390 e. The Kier molecular flexibility index (Phi) is 5.74. The van der Waals surface area contributed by atoms with Crippen molar-refractivity contribution in [3.05, 3.63) is 24.3 Å². The first kappa shape index (κ1) is 13.4. The molecule has 0 radical (unpaired) electrons. The van der Waals surface area contributed by atoms with Crippen LogP contribution in [-0.4, -0.2) is 33.6 Å². The van der Waals surface area contributed by atoms with E-state index >= 15 is 0 Å². The molecule has 3 N–H and O–H groups in total. The number of aliphatic hydroxyl groups is 3. The third-order valence-electron chi connectivity index (χ3n) is 2.96. The molecule has 92 valence electrons. The molecule has 0 bridgehead atoms. The highest BCUT2D eigenvalue weighted by molar-refractivity contribution is 5.06. The third-order valence-corrected chi connectivity index (χ3v) is 2.96. The van der Waals surface area contributed by atoms with Gasteiger partial charge in [-0.1, -0.05) is 37.6 Å². The first-order valence-corrected chi connectivity index (χ1v) is 6.02. The van der Waals surface area contributed by atoms with Gasteiger partial charge in [0.25, 0.3) is 0 Å². The van der Waals surface area contributed by atoms with E-state index in [1.54, 1.807) is 0 Å². The van der Waals surface area contributed by atoms with Gasteiger partial charge in [-0.05, 0) is 25.2 Å². The smallest absolute Gasteiger partial charge is 0.106 e. The molecule has 0 spiro atoms. The van der Waals surface area contributed by atoms with Crippen LogP contribution in [0.2, 0.25) is 0 Å². The minimum Gasteiger partial charge on any atom is -0.390 e. The number of allylic oxidation sites excluding steroid dienone is 4. The molecule has 3 heteroatoms. The maximum absolute atomic E-state index is 9.50. The van der Waals surface area contributed by atoms with Gasteiger partial charge in [0.05, 0.1) is 12.2 Å². The van der Waals surface area contributed by atoms with Crippen LogP contribution in [0.4, 0.5) is 0 Å². The van der Waals surface area contributed by atoms with Crippen molar-refractivity contribution >= 4 is 0 Å². The Morgan fingerprint density at radius 1 is 1.06 bits per heavy atom. The highest BCUT2D eigenvalue weighted by Gasteiger charge is 2.33. The number of hydrogen-bond donors (Lipinski definition) is 3. The van der Waals surface area contributed by atoms with Gasteiger partial charge in [0.1, 0.15) is 6.10 Å². The maximum Gasteiger partial charge on any atom is 0.106 e. The molecule has 0 aromatic heterocycles. The molecular formula is C13H22O3. The van der Waals surface area contributed by atoms with Gasteiger partial charge in [0.15, 0.2) is 0 Å². The third kappa shape index (κ3) is 4.08. The Balaban J connectivity index is 2.38. The molecular weight excluding hydrogens is 204 g/mol. The van der Waals surface area contributed by atoms with Crippen LogP contribution in [0, 0.1) is 5.92 Å². The standard InChI is InChI=1S/C13H22O3/c1-2-3-4-5-6-7-10-8-11(14)13(16)12(15)9-10/h4-7,10-16H,2-3,8-9H2,1H3/b5-4+,7-6+/t10?,11-,12-,13?/m0/s1. The zero-order chi connectivity index (χ0) is 12.0. The Hall–Kier alpha value is -0.640. The molecule has 0 aromatic carbocycles. The summed E-state index contributed by atoms with van der Waals surface area (Å²) in [5.74, 6) is 0.152. The minimum atomic E-state index is -0.986. The molecule has 16 heavy (non-hydrogen) atoms. The number of rotatable bonds is 4. The van der Waals surface area contributed by atoms with Gasteiger partial charge in [0.2, 0.25) is 0 Å². The Morgan fingerprint density at radius 2 is 1.69 bits per heavy atom. The minimum absolute atomic E-state index is 0.152. The molecule has 1 aliphatic carbocycles. The van der Waals surface area contributed by atoms with E-state index < -0.39 is 18.3 Å². The number of aliphatic hydroxyl groups excluding tert-OH is 3. The van der Waals surface area contributed by atoms with Crippen molar-refractivity contribution in [2.45, 2.75) is 50.9 Å². The second kappa shape index (κ2) is 6.84. The normalized spacial score (nSPS) is 36.2. The molecule has 1 fully saturated rings. The van der Waals surface area contributed by atoms with Gasteiger partial charge < -0.3 is 15.3 Å². The SMILES string of the molecule is CCC/C=C/C=C/C1C[C@H](O)C(O)[C@@H](O)C1. The summed E-state index contributed by atoms with van der Waals surface area (Å²) >= 11 is 0. The van der Waals surface area contributed by atoms with Crippen LogP contribution in [0.25, 0.3) is 0 Å². The average molecular weight is 226 g/mol. The van der Waals surface area contributed by atoms with E-state index in [1.807, 2.05) is 18.2 Å². The molecule has 0 aliphatic heterocycles. The molecule has 1 saturated carbocycles. The van der Waals surface area contributed by atoms with Crippen molar-refractivity contribution in [2.24, 2.45) is 5.92 Å². The van der Waals surface area contributed by atoms with Crippen LogP contribution < -0.4 is 0 Å². The fourth-order valence-corrected chi connectivity index (χ4v) is 1.97. The summed E-state index contributed by atoms with van der Waals surface area (Å²) < 4.78 is 0. The first-order valence-electron chi connectivity index (χ1n) is 6.02. The van der Waals surface area contributed by atoms with Crippen molar-refractivity contribution in [2.75, 3.05) is 0 Å². The maximum atomic E-state index is 9.50. The van der Waals surface area contributed by atoms with Crippen molar-refractivity contribution in [1.29, 1.82) is 0 Å². The zero-order valence-corrected chi connectivity index (χ0v) is 9.79. The van der Waals surface area contributed by atoms with E-state index in [9.17, 15) is 15.3 Å². The van der Waals surface area contributed by atoms with Crippen LogP contribution >= 0.6 is 0 Å². The Morgan fingerprint density at radius 3 is 2.25 bits per heavy atom. The summed E-state index contributed by atoms with van der Waals surface area (Å²) in [4.78, 5) is 0. The fraction of sp³-hybridized carbons (Fsp3) is 0.692. The molecule has 1 aliphatic rings. The summed E-state index contributed by atoms with van der Waals surface area (Å²) in [6.45, 7) is 2.13. The predicted octanol–water partition coefficient (Wildman–Crippen LogP) is 1.39. The van der Waals surface area contributed by atoms with Crippen LogP contribution in [-0.2, 0) is 0 Å². The summed E-state index contributed by atoms with van der Waals surface area (Å²) in [5.41, 5.74) is 0. The van der Waals surface area contributed by atoms with Gasteiger partial charge in [-0.2, -0.15) is 0 Å². The molecule has 1 rings (SSSR count). The highest BCUT2D eigenvalue weighted by atomic mass is 16.4. The molecule has 0 unspecified atom stereocenters. The average Bonchev–Trinajstić information content (AvgIpc) is 2.25. The lowest BCUT2D eigenvalue weighted by molar-refractivity contribution is -0.0940.